The molecule has 0 radical (unpaired) electrons. The Kier molecular flexibility index (Phi) is 7.37. The molecule has 0 aliphatic rings. The van der Waals surface area contributed by atoms with E-state index >= 15 is 0 Å². The van der Waals surface area contributed by atoms with Gasteiger partial charge in [0.1, 0.15) is 0 Å². The molecule has 0 heterocycles. The van der Waals surface area contributed by atoms with Gasteiger partial charge in [-0.25, -0.2) is 0 Å². The van der Waals surface area contributed by atoms with Crippen LogP contribution in [-0.2, 0) is 0 Å². The molecule has 20 heavy (non-hydrogen) atoms. The average molecular weight is 478 g/mol. The van der Waals surface area contributed by atoms with Crippen LogP contribution in [0.15, 0.2) is 40.9 Å². The zero-order chi connectivity index (χ0) is 15.6. The molecule has 0 amide bonds. The highest BCUT2D eigenvalue weighted by atomic mass is 79.9. The summed E-state index contributed by atoms with van der Waals surface area (Å²) >= 11 is 40.4. The Bertz CT molecular complexity index is 538. The molecule has 0 spiro atoms. The van der Waals surface area contributed by atoms with Gasteiger partial charge < -0.3 is 0 Å². The topological polar surface area (TPSA) is 0 Å². The second-order valence-corrected chi connectivity index (χ2v) is 9.40. The Morgan fingerprint density at radius 3 is 1.60 bits per heavy atom. The summed E-state index contributed by atoms with van der Waals surface area (Å²) in [4.78, 5) is 0. The molecule has 0 aliphatic carbocycles. The zero-order valence-electron chi connectivity index (χ0n) is 9.49. The van der Waals surface area contributed by atoms with Crippen molar-refractivity contribution in [3.63, 3.8) is 0 Å². The molecule has 0 nitrogen and oxygen atoms in total. The third-order valence-electron chi connectivity index (χ3n) is 2.12. The number of benzene rings is 2. The molecule has 2 rings (SSSR count). The molecule has 0 atom stereocenters. The zero-order valence-corrected chi connectivity index (χ0v) is 16.4. The minimum atomic E-state index is -1.85. The lowest BCUT2D eigenvalue weighted by molar-refractivity contribution is 1.10. The Balaban J connectivity index is 0.000000221. The first-order valence-corrected chi connectivity index (χ1v) is 8.44. The van der Waals surface area contributed by atoms with Crippen molar-refractivity contribution in [2.75, 3.05) is 0 Å². The number of rotatable bonds is 0. The van der Waals surface area contributed by atoms with E-state index in [0.29, 0.717) is 0 Å². The van der Waals surface area contributed by atoms with Crippen molar-refractivity contribution in [2.45, 2.75) is 7.59 Å². The second-order valence-electron chi connectivity index (χ2n) is 3.57. The van der Waals surface area contributed by atoms with Gasteiger partial charge in [-0.05, 0) is 17.5 Å². The minimum absolute atomic E-state index is 0.792. The standard InChI is InChI=1S/C10H6BrCl.C2Cl6/c11-8-5-1-3-7-4-2-6-9(12)10(7)8;3-1(4,5)2(6,7)8/h1-6H;. The van der Waals surface area contributed by atoms with Crippen LogP contribution >= 0.6 is 97.1 Å². The van der Waals surface area contributed by atoms with E-state index in [-0.39, 0.29) is 0 Å². The molecule has 2 aromatic rings. The Hall–Kier alpha value is 1.21. The van der Waals surface area contributed by atoms with E-state index in [2.05, 4.69) is 15.9 Å². The molecule has 110 valence electrons. The van der Waals surface area contributed by atoms with E-state index in [1.807, 2.05) is 36.4 Å². The van der Waals surface area contributed by atoms with Crippen LogP contribution < -0.4 is 0 Å². The molecule has 0 aliphatic heterocycles. The van der Waals surface area contributed by atoms with Crippen molar-refractivity contribution in [1.82, 2.24) is 0 Å². The van der Waals surface area contributed by atoms with Gasteiger partial charge in [-0.2, -0.15) is 0 Å². The SMILES string of the molecule is ClC(Cl)(Cl)C(Cl)(Cl)Cl.Clc1cccc2cccc(Br)c12. The summed E-state index contributed by atoms with van der Waals surface area (Å²) < 4.78 is -2.65. The summed E-state index contributed by atoms with van der Waals surface area (Å²) in [6, 6.07) is 11.9. The molecular weight excluding hydrogens is 472 g/mol. The monoisotopic (exact) mass is 474 g/mol. The van der Waals surface area contributed by atoms with Gasteiger partial charge in [-0.1, -0.05) is 121 Å². The number of hydrogen-bond acceptors (Lipinski definition) is 0. The van der Waals surface area contributed by atoms with E-state index in [4.69, 9.17) is 81.2 Å². The first-order chi connectivity index (χ1) is 9.04. The molecular formula is C12H6BrCl7. The quantitative estimate of drug-likeness (QED) is 0.337. The average Bonchev–Trinajstić information content (AvgIpc) is 2.27. The highest BCUT2D eigenvalue weighted by molar-refractivity contribution is 9.10. The predicted octanol–water partition coefficient (Wildman–Crippen LogP) is 7.98. The van der Waals surface area contributed by atoms with E-state index in [0.717, 1.165) is 20.3 Å². The lowest BCUT2D eigenvalue weighted by Crippen LogP contribution is -2.23. The van der Waals surface area contributed by atoms with Gasteiger partial charge in [-0.15, -0.1) is 0 Å². The Morgan fingerprint density at radius 2 is 1.20 bits per heavy atom. The Labute approximate surface area is 160 Å². The van der Waals surface area contributed by atoms with Gasteiger partial charge in [0.2, 0.25) is 7.59 Å². The summed E-state index contributed by atoms with van der Waals surface area (Å²) in [6.45, 7) is 0. The van der Waals surface area contributed by atoms with E-state index in [1.165, 1.54) is 0 Å². The number of hydrogen-bond donors (Lipinski definition) is 0. The van der Waals surface area contributed by atoms with Crippen molar-refractivity contribution in [1.29, 1.82) is 0 Å². The van der Waals surface area contributed by atoms with Gasteiger partial charge in [0, 0.05) is 14.9 Å². The van der Waals surface area contributed by atoms with Gasteiger partial charge in [0.05, 0.1) is 0 Å². The molecule has 0 unspecified atom stereocenters. The van der Waals surface area contributed by atoms with Gasteiger partial charge in [0.25, 0.3) is 0 Å². The fourth-order valence-electron chi connectivity index (χ4n) is 1.25. The molecule has 0 N–H and O–H groups in total. The van der Waals surface area contributed by atoms with Crippen LogP contribution in [0, 0.1) is 0 Å². The molecule has 0 fully saturated rings. The fraction of sp³-hybridized carbons (Fsp3) is 0.167. The largest absolute Gasteiger partial charge is 0.236 e. The van der Waals surface area contributed by atoms with Gasteiger partial charge >= 0.3 is 0 Å². The van der Waals surface area contributed by atoms with Crippen molar-refractivity contribution < 1.29 is 0 Å². The van der Waals surface area contributed by atoms with Crippen molar-refractivity contribution in [3.8, 4) is 0 Å². The highest BCUT2D eigenvalue weighted by Gasteiger charge is 2.43. The van der Waals surface area contributed by atoms with Crippen LogP contribution in [0.25, 0.3) is 10.8 Å². The smallest absolute Gasteiger partial charge is 0.0836 e. The highest BCUT2D eigenvalue weighted by Crippen LogP contribution is 2.48. The molecule has 2 aromatic carbocycles. The summed E-state index contributed by atoms with van der Waals surface area (Å²) in [5.74, 6) is 0. The summed E-state index contributed by atoms with van der Waals surface area (Å²) in [7, 11) is 0. The first-order valence-electron chi connectivity index (χ1n) is 5.00. The lowest BCUT2D eigenvalue weighted by atomic mass is 10.1. The number of halogens is 8. The first kappa shape index (κ1) is 19.3. The fourth-order valence-corrected chi connectivity index (χ4v) is 2.24. The Morgan fingerprint density at radius 1 is 0.750 bits per heavy atom. The molecule has 0 bridgehead atoms. The van der Waals surface area contributed by atoms with Crippen LogP contribution in [0.5, 0.6) is 0 Å². The lowest BCUT2D eigenvalue weighted by Gasteiger charge is -2.19. The van der Waals surface area contributed by atoms with E-state index in [9.17, 15) is 0 Å². The van der Waals surface area contributed by atoms with Crippen LogP contribution in [0.2, 0.25) is 5.02 Å². The summed E-state index contributed by atoms with van der Waals surface area (Å²) in [5.41, 5.74) is 0. The van der Waals surface area contributed by atoms with Crippen LogP contribution in [0.3, 0.4) is 0 Å². The second kappa shape index (κ2) is 7.66. The van der Waals surface area contributed by atoms with Crippen molar-refractivity contribution in [3.05, 3.63) is 45.9 Å². The maximum atomic E-state index is 6.03. The number of fused-ring (bicyclic) bond motifs is 1. The third-order valence-corrected chi connectivity index (χ3v) is 5.67. The van der Waals surface area contributed by atoms with E-state index in [1.54, 1.807) is 0 Å². The van der Waals surface area contributed by atoms with E-state index < -0.39 is 7.59 Å². The molecule has 0 aromatic heterocycles. The normalized spacial score (nSPS) is 12.0. The predicted molar refractivity (Wildman–Crippen MR) is 97.2 cm³/mol. The minimum Gasteiger partial charge on any atom is -0.0836 e. The van der Waals surface area contributed by atoms with Gasteiger partial charge in [0.15, 0.2) is 0 Å². The maximum absolute atomic E-state index is 6.03. The van der Waals surface area contributed by atoms with Crippen LogP contribution in [-0.4, -0.2) is 7.59 Å². The van der Waals surface area contributed by atoms with Crippen LogP contribution in [0.4, 0.5) is 0 Å². The molecule has 0 saturated heterocycles. The maximum Gasteiger partial charge on any atom is 0.236 e. The molecule has 0 saturated carbocycles. The van der Waals surface area contributed by atoms with Crippen molar-refractivity contribution >= 4 is 108 Å². The van der Waals surface area contributed by atoms with Crippen molar-refractivity contribution in [2.24, 2.45) is 0 Å². The summed E-state index contributed by atoms with van der Waals surface area (Å²) in [6.07, 6.45) is 0. The van der Waals surface area contributed by atoms with Crippen LogP contribution in [0.1, 0.15) is 0 Å². The molecule has 8 heteroatoms. The third kappa shape index (κ3) is 5.44. The number of alkyl halides is 6. The summed E-state index contributed by atoms with van der Waals surface area (Å²) in [5, 5.41) is 3.04. The van der Waals surface area contributed by atoms with Gasteiger partial charge in [-0.3, -0.25) is 0 Å².